The van der Waals surface area contributed by atoms with Crippen LogP contribution >= 0.6 is 12.4 Å². The molecule has 1 unspecified atom stereocenters. The number of methoxy groups -OCH3 is 2. The fraction of sp³-hybridized carbons (Fsp3) is 0.414. The maximum Gasteiger partial charge on any atom is 0.227 e. The van der Waals surface area contributed by atoms with Gasteiger partial charge in [-0.15, -0.1) is 12.4 Å². The molecule has 1 atom stereocenters. The van der Waals surface area contributed by atoms with Crippen LogP contribution in [0.2, 0.25) is 0 Å². The lowest BCUT2D eigenvalue weighted by Gasteiger charge is -2.29. The number of hydrogen-bond donors (Lipinski definition) is 0. The number of benzene rings is 3. The first kappa shape index (κ1) is 26.8. The summed E-state index contributed by atoms with van der Waals surface area (Å²) < 4.78 is 10.9. The van der Waals surface area contributed by atoms with E-state index in [-0.39, 0.29) is 18.3 Å². The Bertz CT molecular complexity index is 1180. The number of rotatable bonds is 8. The van der Waals surface area contributed by atoms with Crippen LogP contribution in [0.3, 0.4) is 0 Å². The minimum absolute atomic E-state index is 0. The van der Waals surface area contributed by atoms with Gasteiger partial charge >= 0.3 is 0 Å². The zero-order valence-corrected chi connectivity index (χ0v) is 22.3. The Hall–Kier alpha value is -2.76. The predicted molar refractivity (Wildman–Crippen MR) is 145 cm³/mol. The highest BCUT2D eigenvalue weighted by molar-refractivity contribution is 5.87. The third kappa shape index (κ3) is 5.74. The van der Waals surface area contributed by atoms with Crippen LogP contribution in [0.15, 0.2) is 48.5 Å². The molecule has 0 saturated heterocycles. The van der Waals surface area contributed by atoms with Gasteiger partial charge in [-0.1, -0.05) is 36.4 Å². The van der Waals surface area contributed by atoms with Crippen molar-refractivity contribution < 1.29 is 14.3 Å². The van der Waals surface area contributed by atoms with Gasteiger partial charge in [0.25, 0.3) is 0 Å². The number of carbonyl (C=O) groups is 1. The molecule has 0 radical (unpaired) electrons. The lowest BCUT2D eigenvalue weighted by Crippen LogP contribution is -2.35. The molecule has 0 aliphatic carbocycles. The number of carbonyl (C=O) groups excluding carboxylic acids is 1. The predicted octanol–water partition coefficient (Wildman–Crippen LogP) is 5.60. The Morgan fingerprint density at radius 1 is 1.03 bits per heavy atom. The zero-order valence-electron chi connectivity index (χ0n) is 21.5. The second kappa shape index (κ2) is 11.8. The van der Waals surface area contributed by atoms with Crippen LogP contribution in [0.1, 0.15) is 41.6 Å². The topological polar surface area (TPSA) is 42.0 Å². The summed E-state index contributed by atoms with van der Waals surface area (Å²) in [6.45, 7) is 6.92. The molecule has 188 valence electrons. The van der Waals surface area contributed by atoms with Crippen LogP contribution in [0.5, 0.6) is 11.5 Å². The molecule has 1 heterocycles. The van der Waals surface area contributed by atoms with E-state index in [1.54, 1.807) is 14.2 Å². The molecule has 5 nitrogen and oxygen atoms in total. The molecule has 4 rings (SSSR count). The molecule has 0 fully saturated rings. The number of amides is 1. The third-order valence-corrected chi connectivity index (χ3v) is 7.26. The van der Waals surface area contributed by atoms with Crippen molar-refractivity contribution in [3.63, 3.8) is 0 Å². The summed E-state index contributed by atoms with van der Waals surface area (Å²) in [4.78, 5) is 17.4. The number of fused-ring (bicyclic) bond motifs is 2. The summed E-state index contributed by atoms with van der Waals surface area (Å²) >= 11 is 0. The Labute approximate surface area is 215 Å². The van der Waals surface area contributed by atoms with E-state index in [1.165, 1.54) is 27.5 Å². The molecule has 0 bridgehead atoms. The van der Waals surface area contributed by atoms with Gasteiger partial charge < -0.3 is 14.4 Å². The van der Waals surface area contributed by atoms with Gasteiger partial charge in [-0.2, -0.15) is 0 Å². The smallest absolute Gasteiger partial charge is 0.227 e. The summed E-state index contributed by atoms with van der Waals surface area (Å²) in [5.74, 6) is 1.59. The van der Waals surface area contributed by atoms with Gasteiger partial charge in [0.2, 0.25) is 5.91 Å². The van der Waals surface area contributed by atoms with Gasteiger partial charge in [0.15, 0.2) is 11.5 Å². The first-order valence-corrected chi connectivity index (χ1v) is 12.1. The van der Waals surface area contributed by atoms with E-state index in [9.17, 15) is 4.79 Å². The van der Waals surface area contributed by atoms with Crippen molar-refractivity contribution in [2.45, 2.75) is 39.2 Å². The van der Waals surface area contributed by atoms with Crippen LogP contribution in [-0.2, 0) is 17.6 Å². The molecule has 0 aromatic heterocycles. The van der Waals surface area contributed by atoms with Crippen LogP contribution in [0.25, 0.3) is 10.8 Å². The van der Waals surface area contributed by atoms with E-state index in [1.807, 2.05) is 17.0 Å². The third-order valence-electron chi connectivity index (χ3n) is 7.26. The molecule has 35 heavy (non-hydrogen) atoms. The summed E-state index contributed by atoms with van der Waals surface area (Å²) in [7, 11) is 5.46. The molecule has 3 aromatic rings. The first-order chi connectivity index (χ1) is 16.4. The molecular formula is C29H37ClN2O3. The monoisotopic (exact) mass is 496 g/mol. The second-order valence-corrected chi connectivity index (χ2v) is 9.31. The second-order valence-electron chi connectivity index (χ2n) is 9.31. The molecule has 3 aromatic carbocycles. The summed E-state index contributed by atoms with van der Waals surface area (Å²) in [5, 5.41) is 2.61. The maximum atomic E-state index is 13.0. The van der Waals surface area contributed by atoms with E-state index in [0.29, 0.717) is 18.2 Å². The fourth-order valence-corrected chi connectivity index (χ4v) is 5.14. The first-order valence-electron chi connectivity index (χ1n) is 12.1. The lowest BCUT2D eigenvalue weighted by molar-refractivity contribution is -0.130. The molecule has 1 aliphatic heterocycles. The highest BCUT2D eigenvalue weighted by atomic mass is 35.5. The average Bonchev–Trinajstić information content (AvgIpc) is 3.00. The largest absolute Gasteiger partial charge is 0.493 e. The number of aryl methyl sites for hydroxylation is 1. The molecule has 0 N–H and O–H groups in total. The maximum absolute atomic E-state index is 13.0. The minimum Gasteiger partial charge on any atom is -0.493 e. The molecule has 1 aliphatic rings. The van der Waals surface area contributed by atoms with Gasteiger partial charge in [0.1, 0.15) is 0 Å². The summed E-state index contributed by atoms with van der Waals surface area (Å²) in [5.41, 5.74) is 4.93. The van der Waals surface area contributed by atoms with E-state index in [2.05, 4.69) is 62.2 Å². The van der Waals surface area contributed by atoms with Crippen molar-refractivity contribution in [3.8, 4) is 11.5 Å². The summed E-state index contributed by atoms with van der Waals surface area (Å²) in [6, 6.07) is 17.3. The number of hydrogen-bond acceptors (Lipinski definition) is 4. The molecule has 0 saturated carbocycles. The van der Waals surface area contributed by atoms with Crippen molar-refractivity contribution in [3.05, 3.63) is 70.8 Å². The van der Waals surface area contributed by atoms with Gasteiger partial charge in [-0.3, -0.25) is 9.69 Å². The Morgan fingerprint density at radius 2 is 1.71 bits per heavy atom. The van der Waals surface area contributed by atoms with E-state index >= 15 is 0 Å². The molecule has 6 heteroatoms. The highest BCUT2D eigenvalue weighted by Crippen LogP contribution is 2.33. The molecule has 0 spiro atoms. The average molecular weight is 497 g/mol. The van der Waals surface area contributed by atoms with Crippen LogP contribution in [0.4, 0.5) is 0 Å². The Kier molecular flexibility index (Phi) is 9.03. The number of ether oxygens (including phenoxy) is 2. The quantitative estimate of drug-likeness (QED) is 0.407. The minimum atomic E-state index is 0. The van der Waals surface area contributed by atoms with Gasteiger partial charge in [0.05, 0.1) is 20.6 Å². The lowest BCUT2D eigenvalue weighted by atomic mass is 9.94. The fourth-order valence-electron chi connectivity index (χ4n) is 5.14. The van der Waals surface area contributed by atoms with E-state index < -0.39 is 0 Å². The molecular weight excluding hydrogens is 460 g/mol. The van der Waals surface area contributed by atoms with Gasteiger partial charge in [-0.25, -0.2) is 0 Å². The van der Waals surface area contributed by atoms with E-state index in [0.717, 1.165) is 43.8 Å². The Morgan fingerprint density at radius 3 is 2.43 bits per heavy atom. The standard InChI is InChI=1S/C29H36N2O3.ClH/c1-20-11-12-22-9-6-7-10-25(22)29(20)21(2)30(3)14-8-15-31-16-13-23-17-26(33-4)27(34-5)18-24(23)19-28(31)32;/h6-7,9-12,17-18,21H,8,13-16,19H2,1-5H3;1H. The van der Waals surface area contributed by atoms with E-state index in [4.69, 9.17) is 9.47 Å². The number of nitrogens with zero attached hydrogens (tertiary/aromatic N) is 2. The van der Waals surface area contributed by atoms with Crippen LogP contribution < -0.4 is 9.47 Å². The van der Waals surface area contributed by atoms with Crippen LogP contribution in [0, 0.1) is 6.92 Å². The van der Waals surface area contributed by atoms with Gasteiger partial charge in [0, 0.05) is 25.7 Å². The van der Waals surface area contributed by atoms with Crippen molar-refractivity contribution in [1.82, 2.24) is 9.80 Å². The normalized spacial score (nSPS) is 14.3. The van der Waals surface area contributed by atoms with Crippen molar-refractivity contribution in [1.29, 1.82) is 0 Å². The molecule has 1 amide bonds. The number of halogens is 1. The van der Waals surface area contributed by atoms with Crippen molar-refractivity contribution >= 4 is 29.1 Å². The van der Waals surface area contributed by atoms with Crippen LogP contribution in [-0.4, -0.2) is 56.6 Å². The SMILES string of the molecule is COc1cc2c(cc1OC)CC(=O)N(CCCN(C)C(C)c1c(C)ccc3ccccc13)CC2.Cl. The van der Waals surface area contributed by atoms with Crippen molar-refractivity contribution in [2.75, 3.05) is 40.9 Å². The Balaban J connectivity index is 0.00000342. The highest BCUT2D eigenvalue weighted by Gasteiger charge is 2.23. The van der Waals surface area contributed by atoms with Crippen molar-refractivity contribution in [2.24, 2.45) is 0 Å². The summed E-state index contributed by atoms with van der Waals surface area (Å²) in [6.07, 6.45) is 2.19. The zero-order chi connectivity index (χ0) is 24.2. The van der Waals surface area contributed by atoms with Gasteiger partial charge in [-0.05, 0) is 78.9 Å².